The molecule has 6 rings (SSSR count). The van der Waals surface area contributed by atoms with Gasteiger partial charge in [0.2, 0.25) is 0 Å². The number of thiophene rings is 1. The van der Waals surface area contributed by atoms with Crippen LogP contribution in [0.2, 0.25) is 0 Å². The summed E-state index contributed by atoms with van der Waals surface area (Å²) in [7, 11) is 0. The van der Waals surface area contributed by atoms with E-state index in [1.165, 1.54) is 57.5 Å². The van der Waals surface area contributed by atoms with Gasteiger partial charge >= 0.3 is 0 Å². The number of pyridine rings is 3. The maximum absolute atomic E-state index is 4.70. The van der Waals surface area contributed by atoms with Gasteiger partial charge in [-0.05, 0) is 82.9 Å². The molecule has 0 spiro atoms. The monoisotopic (exact) mass is 668 g/mol. The Bertz CT molecular complexity index is 1390. The minimum Gasteiger partial charge on any atom is -0.320 e. The van der Waals surface area contributed by atoms with Crippen molar-refractivity contribution < 1.29 is 20.1 Å². The summed E-state index contributed by atoms with van der Waals surface area (Å²) >= 11 is 1.91. The van der Waals surface area contributed by atoms with Crippen LogP contribution in [0.3, 0.4) is 0 Å². The SMILES string of the molecule is Cc1cnc(-c2[c-]cnc3c4c(sc23)CCCC4)cc1C(C)C.[Ir].[c-]1ccccc1-c1ccccn1. The first-order valence-corrected chi connectivity index (χ1v) is 13.1. The average molecular weight is 668 g/mol. The molecule has 0 amide bonds. The first kappa shape index (κ1) is 26.3. The van der Waals surface area contributed by atoms with Crippen LogP contribution in [0.1, 0.15) is 54.2 Å². The minimum atomic E-state index is 0. The molecule has 1 aromatic carbocycles. The predicted molar refractivity (Wildman–Crippen MR) is 146 cm³/mol. The number of aryl methyl sites for hydroxylation is 3. The molecule has 5 heteroatoms. The molecule has 1 radical (unpaired) electrons. The Morgan fingerprint density at radius 3 is 2.50 bits per heavy atom. The molecule has 0 aliphatic heterocycles. The zero-order valence-corrected chi connectivity index (χ0v) is 24.1. The standard InChI is InChI=1S/C20H21N2S.C11H8N.Ir/c1-12(2)16-10-17(22-11-13(16)3)14-8-9-21-19-15-6-4-5-7-18(15)23-20(14)19;1-2-6-10(7-3-1)11-8-4-5-9-12-11;/h9-12H,4-7H2,1-3H3;1-6,8-9H;/q2*-1;. The zero-order chi connectivity index (χ0) is 24.2. The van der Waals surface area contributed by atoms with Gasteiger partial charge in [-0.1, -0.05) is 37.6 Å². The van der Waals surface area contributed by atoms with Gasteiger partial charge in [0, 0.05) is 38.0 Å². The van der Waals surface area contributed by atoms with E-state index in [0.717, 1.165) is 22.5 Å². The van der Waals surface area contributed by atoms with Crippen molar-refractivity contribution in [3.8, 4) is 22.5 Å². The molecule has 0 N–H and O–H groups in total. The van der Waals surface area contributed by atoms with E-state index < -0.39 is 0 Å². The summed E-state index contributed by atoms with van der Waals surface area (Å²) in [6.45, 7) is 6.62. The third-order valence-corrected chi connectivity index (χ3v) is 7.74. The van der Waals surface area contributed by atoms with Gasteiger partial charge in [-0.2, -0.15) is 6.07 Å². The van der Waals surface area contributed by atoms with Gasteiger partial charge in [-0.15, -0.1) is 41.5 Å². The molecule has 0 saturated heterocycles. The molecular weight excluding hydrogens is 639 g/mol. The maximum atomic E-state index is 4.70. The van der Waals surface area contributed by atoms with E-state index in [4.69, 9.17) is 4.98 Å². The van der Waals surface area contributed by atoms with Crippen LogP contribution in [0.4, 0.5) is 0 Å². The van der Waals surface area contributed by atoms with Crippen molar-refractivity contribution in [1.29, 1.82) is 0 Å². The van der Waals surface area contributed by atoms with Crippen LogP contribution in [0.5, 0.6) is 0 Å². The molecule has 0 saturated carbocycles. The zero-order valence-electron chi connectivity index (χ0n) is 20.8. The first-order valence-electron chi connectivity index (χ1n) is 12.3. The van der Waals surface area contributed by atoms with Gasteiger partial charge in [0.05, 0.1) is 0 Å². The van der Waals surface area contributed by atoms with Crippen LogP contribution < -0.4 is 0 Å². The normalized spacial score (nSPS) is 12.4. The van der Waals surface area contributed by atoms with E-state index >= 15 is 0 Å². The average Bonchev–Trinajstić information content (AvgIpc) is 3.29. The molecule has 185 valence electrons. The van der Waals surface area contributed by atoms with Crippen LogP contribution in [0.25, 0.3) is 32.7 Å². The fraction of sp³-hybridized carbons (Fsp3) is 0.258. The van der Waals surface area contributed by atoms with E-state index in [-0.39, 0.29) is 20.1 Å². The van der Waals surface area contributed by atoms with Crippen molar-refractivity contribution >= 4 is 21.6 Å². The van der Waals surface area contributed by atoms with Crippen LogP contribution in [-0.2, 0) is 32.9 Å². The number of nitrogens with zero attached hydrogens (tertiary/aromatic N) is 3. The summed E-state index contributed by atoms with van der Waals surface area (Å²) < 4.78 is 1.27. The van der Waals surface area contributed by atoms with Gasteiger partial charge in [-0.25, -0.2) is 11.3 Å². The van der Waals surface area contributed by atoms with Gasteiger partial charge in [0.25, 0.3) is 0 Å². The quantitative estimate of drug-likeness (QED) is 0.183. The Kier molecular flexibility index (Phi) is 8.79. The largest absolute Gasteiger partial charge is 0.320 e. The summed E-state index contributed by atoms with van der Waals surface area (Å²) in [4.78, 5) is 15.1. The summed E-state index contributed by atoms with van der Waals surface area (Å²) in [6.07, 6.45) is 10.6. The van der Waals surface area contributed by atoms with Crippen molar-refractivity contribution in [3.63, 3.8) is 0 Å². The van der Waals surface area contributed by atoms with Crippen molar-refractivity contribution in [3.05, 3.63) is 101 Å². The Labute approximate surface area is 231 Å². The molecule has 0 atom stereocenters. The molecule has 5 aromatic rings. The van der Waals surface area contributed by atoms with Gasteiger partial charge < -0.3 is 9.97 Å². The number of rotatable bonds is 3. The summed E-state index contributed by atoms with van der Waals surface area (Å²) in [6, 6.07) is 22.4. The number of aromatic nitrogens is 3. The molecule has 4 aromatic heterocycles. The third kappa shape index (κ3) is 5.64. The number of fused-ring (bicyclic) bond motifs is 3. The van der Waals surface area contributed by atoms with Crippen molar-refractivity contribution in [1.82, 2.24) is 15.0 Å². The molecule has 4 heterocycles. The van der Waals surface area contributed by atoms with E-state index in [2.05, 4.69) is 48.9 Å². The minimum absolute atomic E-state index is 0. The Hall–Kier alpha value is -2.72. The van der Waals surface area contributed by atoms with Gasteiger partial charge in [0.1, 0.15) is 0 Å². The van der Waals surface area contributed by atoms with Crippen LogP contribution >= 0.6 is 11.3 Å². The van der Waals surface area contributed by atoms with E-state index in [0.29, 0.717) is 5.92 Å². The number of benzene rings is 1. The molecule has 0 unspecified atom stereocenters. The third-order valence-electron chi connectivity index (χ3n) is 6.45. The fourth-order valence-corrected chi connectivity index (χ4v) is 6.00. The summed E-state index contributed by atoms with van der Waals surface area (Å²) in [5.41, 5.74) is 9.46. The molecule has 0 fully saturated rings. The Morgan fingerprint density at radius 1 is 0.917 bits per heavy atom. The second-order valence-electron chi connectivity index (χ2n) is 9.24. The summed E-state index contributed by atoms with van der Waals surface area (Å²) in [5, 5.41) is 0. The van der Waals surface area contributed by atoms with E-state index in [9.17, 15) is 0 Å². The Morgan fingerprint density at radius 2 is 1.75 bits per heavy atom. The molecule has 1 aliphatic rings. The van der Waals surface area contributed by atoms with Crippen molar-refractivity contribution in [2.24, 2.45) is 0 Å². The van der Waals surface area contributed by atoms with Crippen molar-refractivity contribution in [2.75, 3.05) is 0 Å². The van der Waals surface area contributed by atoms with Gasteiger partial charge in [-0.3, -0.25) is 4.98 Å². The predicted octanol–water partition coefficient (Wildman–Crippen LogP) is 8.02. The number of hydrogen-bond acceptors (Lipinski definition) is 4. The van der Waals surface area contributed by atoms with E-state index in [1.54, 1.807) is 6.20 Å². The molecule has 1 aliphatic carbocycles. The molecule has 3 nitrogen and oxygen atoms in total. The summed E-state index contributed by atoms with van der Waals surface area (Å²) in [5.74, 6) is 0.505. The topological polar surface area (TPSA) is 38.7 Å². The second-order valence-corrected chi connectivity index (χ2v) is 10.3. The van der Waals surface area contributed by atoms with E-state index in [1.807, 2.05) is 66.2 Å². The molecular formula is C31H29IrN3S-2. The van der Waals surface area contributed by atoms with Crippen molar-refractivity contribution in [2.45, 2.75) is 52.4 Å². The number of hydrogen-bond donors (Lipinski definition) is 0. The molecule has 36 heavy (non-hydrogen) atoms. The van der Waals surface area contributed by atoms with Gasteiger partial charge in [0.15, 0.2) is 0 Å². The van der Waals surface area contributed by atoms with Crippen LogP contribution in [-0.4, -0.2) is 15.0 Å². The Balaban J connectivity index is 0.000000198. The second kappa shape index (κ2) is 12.0. The smallest absolute Gasteiger partial charge is 0.0285 e. The molecule has 0 bridgehead atoms. The van der Waals surface area contributed by atoms with Crippen LogP contribution in [0, 0.1) is 19.1 Å². The maximum Gasteiger partial charge on any atom is 0.0285 e. The van der Waals surface area contributed by atoms with Crippen LogP contribution in [0.15, 0.2) is 67.1 Å². The fourth-order valence-electron chi connectivity index (χ4n) is 4.65. The first-order chi connectivity index (χ1) is 17.1.